The standard InChI is InChI=1S/C17H29N3O3/c1-3-19(12-16-8-7-14(2)23-16)17(22)18-9-11-20-10-5-4-6-15(20)13-21/h7-8,15,21H,3-6,9-13H2,1-2H3,(H,18,22). The summed E-state index contributed by atoms with van der Waals surface area (Å²) in [6.07, 6.45) is 3.40. The molecule has 1 atom stereocenters. The van der Waals surface area contributed by atoms with Crippen LogP contribution in [0.3, 0.4) is 0 Å². The Morgan fingerprint density at radius 1 is 1.48 bits per heavy atom. The van der Waals surface area contributed by atoms with Crippen LogP contribution in [0, 0.1) is 6.92 Å². The molecule has 0 aromatic carbocycles. The number of hydrogen-bond acceptors (Lipinski definition) is 4. The maximum atomic E-state index is 12.3. The van der Waals surface area contributed by atoms with Crippen LogP contribution >= 0.6 is 0 Å². The molecule has 1 saturated heterocycles. The van der Waals surface area contributed by atoms with Gasteiger partial charge in [-0.2, -0.15) is 0 Å². The summed E-state index contributed by atoms with van der Waals surface area (Å²) in [7, 11) is 0. The molecule has 1 fully saturated rings. The zero-order chi connectivity index (χ0) is 16.7. The Balaban J connectivity index is 1.75. The van der Waals surface area contributed by atoms with E-state index in [4.69, 9.17) is 4.42 Å². The number of carbonyl (C=O) groups is 1. The van der Waals surface area contributed by atoms with E-state index in [1.54, 1.807) is 4.90 Å². The number of nitrogens with zero attached hydrogens (tertiary/aromatic N) is 2. The van der Waals surface area contributed by atoms with E-state index in [0.717, 1.165) is 31.0 Å². The number of aryl methyl sites for hydroxylation is 1. The molecule has 6 nitrogen and oxygen atoms in total. The number of piperidine rings is 1. The number of rotatable bonds is 7. The third-order valence-electron chi connectivity index (χ3n) is 4.45. The number of hydrogen-bond donors (Lipinski definition) is 2. The summed E-state index contributed by atoms with van der Waals surface area (Å²) in [5.74, 6) is 1.66. The minimum absolute atomic E-state index is 0.0703. The van der Waals surface area contributed by atoms with E-state index < -0.39 is 0 Å². The average molecular weight is 323 g/mol. The highest BCUT2D eigenvalue weighted by molar-refractivity contribution is 5.74. The van der Waals surface area contributed by atoms with E-state index in [1.807, 2.05) is 26.0 Å². The summed E-state index contributed by atoms with van der Waals surface area (Å²) >= 11 is 0. The van der Waals surface area contributed by atoms with Crippen molar-refractivity contribution in [2.75, 3.05) is 32.8 Å². The number of carbonyl (C=O) groups excluding carboxylic acids is 1. The lowest BCUT2D eigenvalue weighted by Crippen LogP contribution is -2.47. The van der Waals surface area contributed by atoms with Gasteiger partial charge in [0.2, 0.25) is 0 Å². The first kappa shape index (κ1) is 17.8. The fourth-order valence-electron chi connectivity index (χ4n) is 3.06. The van der Waals surface area contributed by atoms with Gasteiger partial charge in [0.05, 0.1) is 13.2 Å². The van der Waals surface area contributed by atoms with E-state index in [2.05, 4.69) is 10.2 Å². The first-order valence-corrected chi connectivity index (χ1v) is 8.57. The predicted molar refractivity (Wildman–Crippen MR) is 89.2 cm³/mol. The van der Waals surface area contributed by atoms with E-state index in [1.165, 1.54) is 12.8 Å². The third-order valence-corrected chi connectivity index (χ3v) is 4.45. The van der Waals surface area contributed by atoms with Gasteiger partial charge in [-0.1, -0.05) is 6.42 Å². The lowest BCUT2D eigenvalue weighted by molar-refractivity contribution is 0.0909. The van der Waals surface area contributed by atoms with Crippen LogP contribution in [0.15, 0.2) is 16.5 Å². The number of furan rings is 1. The van der Waals surface area contributed by atoms with Crippen molar-refractivity contribution in [1.29, 1.82) is 0 Å². The van der Waals surface area contributed by atoms with Crippen molar-refractivity contribution in [2.45, 2.75) is 45.7 Å². The Kier molecular flexibility index (Phi) is 6.92. The second kappa shape index (κ2) is 8.93. The Hall–Kier alpha value is -1.53. The summed E-state index contributed by atoms with van der Waals surface area (Å²) in [6, 6.07) is 3.99. The van der Waals surface area contributed by atoms with E-state index in [-0.39, 0.29) is 18.7 Å². The monoisotopic (exact) mass is 323 g/mol. The van der Waals surface area contributed by atoms with Crippen molar-refractivity contribution in [3.63, 3.8) is 0 Å². The maximum Gasteiger partial charge on any atom is 0.317 e. The van der Waals surface area contributed by atoms with Gasteiger partial charge in [0.15, 0.2) is 0 Å². The summed E-state index contributed by atoms with van der Waals surface area (Å²) in [5, 5.41) is 12.4. The van der Waals surface area contributed by atoms with E-state index in [9.17, 15) is 9.90 Å². The smallest absolute Gasteiger partial charge is 0.317 e. The molecule has 1 aliphatic heterocycles. The molecular formula is C17H29N3O3. The lowest BCUT2D eigenvalue weighted by atomic mass is 10.0. The van der Waals surface area contributed by atoms with Crippen LogP contribution in [0.1, 0.15) is 37.7 Å². The minimum Gasteiger partial charge on any atom is -0.464 e. The van der Waals surface area contributed by atoms with Crippen molar-refractivity contribution < 1.29 is 14.3 Å². The van der Waals surface area contributed by atoms with Crippen LogP contribution in [-0.2, 0) is 6.54 Å². The van der Waals surface area contributed by atoms with Crippen molar-refractivity contribution in [1.82, 2.24) is 15.1 Å². The van der Waals surface area contributed by atoms with Gasteiger partial charge in [-0.05, 0) is 45.4 Å². The fourth-order valence-corrected chi connectivity index (χ4v) is 3.06. The number of likely N-dealkylation sites (tertiary alicyclic amines) is 1. The van der Waals surface area contributed by atoms with Crippen molar-refractivity contribution in [2.24, 2.45) is 0 Å². The molecule has 0 spiro atoms. The van der Waals surface area contributed by atoms with Crippen LogP contribution < -0.4 is 5.32 Å². The molecule has 0 bridgehead atoms. The highest BCUT2D eigenvalue weighted by Gasteiger charge is 2.21. The Bertz CT molecular complexity index is 489. The molecule has 6 heteroatoms. The van der Waals surface area contributed by atoms with Gasteiger partial charge in [0.1, 0.15) is 11.5 Å². The quantitative estimate of drug-likeness (QED) is 0.805. The van der Waals surface area contributed by atoms with Gasteiger partial charge in [0, 0.05) is 25.7 Å². The van der Waals surface area contributed by atoms with Crippen molar-refractivity contribution >= 4 is 6.03 Å². The predicted octanol–water partition coefficient (Wildman–Crippen LogP) is 1.97. The van der Waals surface area contributed by atoms with Crippen LogP contribution in [0.4, 0.5) is 4.79 Å². The molecular weight excluding hydrogens is 294 g/mol. The zero-order valence-electron chi connectivity index (χ0n) is 14.3. The highest BCUT2D eigenvalue weighted by atomic mass is 16.3. The molecule has 0 aliphatic carbocycles. The summed E-state index contributed by atoms with van der Waals surface area (Å²) in [4.78, 5) is 16.3. The number of amides is 2. The van der Waals surface area contributed by atoms with Gasteiger partial charge < -0.3 is 19.7 Å². The number of aliphatic hydroxyl groups is 1. The number of urea groups is 1. The molecule has 1 unspecified atom stereocenters. The molecule has 0 radical (unpaired) electrons. The topological polar surface area (TPSA) is 69.0 Å². The zero-order valence-corrected chi connectivity index (χ0v) is 14.3. The molecule has 2 N–H and O–H groups in total. The molecule has 1 aromatic heterocycles. The molecule has 2 amide bonds. The minimum atomic E-state index is -0.0703. The van der Waals surface area contributed by atoms with E-state index in [0.29, 0.717) is 19.6 Å². The number of aliphatic hydroxyl groups excluding tert-OH is 1. The van der Waals surface area contributed by atoms with Crippen LogP contribution in [-0.4, -0.2) is 59.8 Å². The summed E-state index contributed by atoms with van der Waals surface area (Å²) in [5.41, 5.74) is 0. The Morgan fingerprint density at radius 3 is 2.96 bits per heavy atom. The van der Waals surface area contributed by atoms with Gasteiger partial charge in [-0.25, -0.2) is 4.79 Å². The molecule has 130 valence electrons. The lowest BCUT2D eigenvalue weighted by Gasteiger charge is -2.34. The maximum absolute atomic E-state index is 12.3. The Labute approximate surface area is 138 Å². The SMILES string of the molecule is CCN(Cc1ccc(C)o1)C(=O)NCCN1CCCCC1CO. The second-order valence-corrected chi connectivity index (χ2v) is 6.13. The molecule has 0 saturated carbocycles. The van der Waals surface area contributed by atoms with Gasteiger partial charge >= 0.3 is 6.03 Å². The van der Waals surface area contributed by atoms with Crippen LogP contribution in [0.25, 0.3) is 0 Å². The highest BCUT2D eigenvalue weighted by Crippen LogP contribution is 2.15. The Morgan fingerprint density at radius 2 is 2.30 bits per heavy atom. The van der Waals surface area contributed by atoms with Crippen LogP contribution in [0.5, 0.6) is 0 Å². The van der Waals surface area contributed by atoms with Crippen molar-refractivity contribution in [3.8, 4) is 0 Å². The largest absolute Gasteiger partial charge is 0.464 e. The normalized spacial score (nSPS) is 18.8. The third kappa shape index (κ3) is 5.25. The molecule has 2 rings (SSSR count). The number of nitrogens with one attached hydrogen (secondary N) is 1. The fraction of sp³-hybridized carbons (Fsp3) is 0.706. The first-order valence-electron chi connectivity index (χ1n) is 8.57. The van der Waals surface area contributed by atoms with Gasteiger partial charge in [-0.15, -0.1) is 0 Å². The van der Waals surface area contributed by atoms with Gasteiger partial charge in [-0.3, -0.25) is 4.90 Å². The van der Waals surface area contributed by atoms with Gasteiger partial charge in [0.25, 0.3) is 0 Å². The summed E-state index contributed by atoms with van der Waals surface area (Å²) in [6.45, 7) is 7.57. The van der Waals surface area contributed by atoms with Crippen LogP contribution in [0.2, 0.25) is 0 Å². The van der Waals surface area contributed by atoms with Crippen molar-refractivity contribution in [3.05, 3.63) is 23.7 Å². The molecule has 23 heavy (non-hydrogen) atoms. The second-order valence-electron chi connectivity index (χ2n) is 6.13. The molecule has 1 aromatic rings. The van der Waals surface area contributed by atoms with E-state index >= 15 is 0 Å². The summed E-state index contributed by atoms with van der Waals surface area (Å²) < 4.78 is 5.54. The molecule has 1 aliphatic rings. The first-order chi connectivity index (χ1) is 11.1. The molecule has 2 heterocycles. The average Bonchev–Trinajstić information content (AvgIpc) is 2.98.